The molecule has 0 heterocycles. The molecule has 0 aliphatic rings. The Morgan fingerprint density at radius 2 is 1.28 bits per heavy atom. The molecular weight excluding hydrogens is 243 g/mol. The molecule has 0 aromatic heterocycles. The Morgan fingerprint density at radius 1 is 0.778 bits per heavy atom. The summed E-state index contributed by atoms with van der Waals surface area (Å²) in [4.78, 5) is 0. The minimum atomic E-state index is 0. The fraction of sp³-hybridized carbons (Fsp3) is 0.706. The fourth-order valence-corrected chi connectivity index (χ4v) is 2.88. The Balaban J connectivity index is 0.00000289. The second-order valence-electron chi connectivity index (χ2n) is 6.50. The minimum Gasteiger partial charge on any atom is -0.206 e. The number of rotatable bonds is 4. The molecule has 0 saturated heterocycles. The molecule has 0 spiro atoms. The molecule has 0 aliphatic carbocycles. The second kappa shape index (κ2) is 7.69. The first-order chi connectivity index (χ1) is 7.77. The van der Waals surface area contributed by atoms with Gasteiger partial charge in [0, 0.05) is 0 Å². The van der Waals surface area contributed by atoms with Gasteiger partial charge in [0.15, 0.2) is 0 Å². The van der Waals surface area contributed by atoms with Crippen LogP contribution in [-0.2, 0) is 0 Å². The van der Waals surface area contributed by atoms with Gasteiger partial charge < -0.3 is 0 Å². The van der Waals surface area contributed by atoms with Gasteiger partial charge in [-0.05, 0) is 11.8 Å². The van der Waals surface area contributed by atoms with Crippen molar-refractivity contribution in [2.24, 2.45) is 0 Å². The molecule has 18 heavy (non-hydrogen) atoms. The van der Waals surface area contributed by atoms with Crippen LogP contribution in [-0.4, -0.2) is 0 Å². The summed E-state index contributed by atoms with van der Waals surface area (Å²) in [6.07, 6.45) is 0. The molecule has 1 aromatic carbocycles. The number of hydrogen-bond acceptors (Lipinski definition) is 0. The van der Waals surface area contributed by atoms with E-state index in [9.17, 15) is 0 Å². The Hall–Kier alpha value is 0.986. The van der Waals surface area contributed by atoms with Crippen LogP contribution in [0.1, 0.15) is 101 Å². The third-order valence-electron chi connectivity index (χ3n) is 3.62. The third-order valence-corrected chi connectivity index (χ3v) is 3.62. The summed E-state index contributed by atoms with van der Waals surface area (Å²) in [5.41, 5.74) is 6.40. The van der Waals surface area contributed by atoms with Gasteiger partial charge in [-0.1, -0.05) is 67.2 Å². The summed E-state index contributed by atoms with van der Waals surface area (Å²) in [6, 6.07) is 2.47. The van der Waals surface area contributed by atoms with E-state index in [0.29, 0.717) is 23.7 Å². The SMILES string of the molecule is CC(C)c1cc(C(C)C)[c-](C(C)C)c1C(C)C.[K+]. The standard InChI is InChI=1S/C17H29.K/c1-10(2)14-9-15(11(3)4)17(13(7)8)16(14)12(5)6;/h9-13H,1-8H3;/q-1;+1. The van der Waals surface area contributed by atoms with E-state index in [0.717, 1.165) is 0 Å². The van der Waals surface area contributed by atoms with Crippen LogP contribution in [0.5, 0.6) is 0 Å². The van der Waals surface area contributed by atoms with Gasteiger partial charge in [-0.25, -0.2) is 6.07 Å². The molecule has 0 amide bonds. The smallest absolute Gasteiger partial charge is 0.206 e. The van der Waals surface area contributed by atoms with E-state index in [4.69, 9.17) is 0 Å². The summed E-state index contributed by atoms with van der Waals surface area (Å²) in [7, 11) is 0. The molecule has 1 aromatic rings. The Morgan fingerprint density at radius 3 is 1.56 bits per heavy atom. The summed E-state index contributed by atoms with van der Waals surface area (Å²) < 4.78 is 0. The predicted molar refractivity (Wildman–Crippen MR) is 78.4 cm³/mol. The predicted octanol–water partition coefficient (Wildman–Crippen LogP) is 2.90. The van der Waals surface area contributed by atoms with Crippen molar-refractivity contribution < 1.29 is 51.4 Å². The molecular formula is C17H29K. The Bertz CT molecular complexity index is 333. The quantitative estimate of drug-likeness (QED) is 0.584. The van der Waals surface area contributed by atoms with Crippen molar-refractivity contribution in [2.75, 3.05) is 0 Å². The summed E-state index contributed by atoms with van der Waals surface area (Å²) in [5.74, 6) is 2.55. The van der Waals surface area contributed by atoms with Gasteiger partial charge in [0.25, 0.3) is 0 Å². The maximum absolute atomic E-state index is 2.47. The molecule has 0 unspecified atom stereocenters. The van der Waals surface area contributed by atoms with Crippen molar-refractivity contribution in [1.82, 2.24) is 0 Å². The molecule has 1 rings (SSSR count). The van der Waals surface area contributed by atoms with Gasteiger partial charge in [-0.2, -0.15) is 16.7 Å². The molecule has 0 atom stereocenters. The van der Waals surface area contributed by atoms with Crippen molar-refractivity contribution in [2.45, 2.75) is 79.1 Å². The van der Waals surface area contributed by atoms with Crippen molar-refractivity contribution in [3.8, 4) is 0 Å². The minimum absolute atomic E-state index is 0. The average Bonchev–Trinajstić information content (AvgIpc) is 2.56. The van der Waals surface area contributed by atoms with E-state index in [1.165, 1.54) is 0 Å². The topological polar surface area (TPSA) is 0 Å². The first-order valence-electron chi connectivity index (χ1n) is 7.10. The first-order valence-corrected chi connectivity index (χ1v) is 7.10. The zero-order valence-corrected chi connectivity index (χ0v) is 17.0. The monoisotopic (exact) mass is 272 g/mol. The molecule has 0 fully saturated rings. The van der Waals surface area contributed by atoms with E-state index in [1.54, 1.807) is 22.3 Å². The van der Waals surface area contributed by atoms with Crippen LogP contribution < -0.4 is 51.4 Å². The van der Waals surface area contributed by atoms with Gasteiger partial charge in [-0.3, -0.25) is 0 Å². The summed E-state index contributed by atoms with van der Waals surface area (Å²) >= 11 is 0. The zero-order valence-electron chi connectivity index (χ0n) is 13.9. The Labute approximate surface area is 157 Å². The third kappa shape index (κ3) is 3.99. The van der Waals surface area contributed by atoms with Gasteiger partial charge in [-0.15, -0.1) is 5.56 Å². The zero-order chi connectivity index (χ0) is 13.3. The molecule has 1 heteroatoms. The van der Waals surface area contributed by atoms with E-state index >= 15 is 0 Å². The summed E-state index contributed by atoms with van der Waals surface area (Å²) in [5, 5.41) is 0. The maximum Gasteiger partial charge on any atom is 1.00 e. The largest absolute Gasteiger partial charge is 1.00 e. The van der Waals surface area contributed by atoms with E-state index in [1.807, 2.05) is 0 Å². The van der Waals surface area contributed by atoms with E-state index < -0.39 is 0 Å². The summed E-state index contributed by atoms with van der Waals surface area (Å²) in [6.45, 7) is 18.6. The molecule has 0 bridgehead atoms. The molecule has 0 N–H and O–H groups in total. The van der Waals surface area contributed by atoms with Gasteiger partial charge >= 0.3 is 51.4 Å². The van der Waals surface area contributed by atoms with Crippen LogP contribution in [0.25, 0.3) is 0 Å². The first kappa shape index (κ1) is 19.0. The van der Waals surface area contributed by atoms with Crippen molar-refractivity contribution in [3.63, 3.8) is 0 Å². The van der Waals surface area contributed by atoms with Crippen LogP contribution in [0.2, 0.25) is 0 Å². The Kier molecular flexibility index (Phi) is 8.11. The normalized spacial score (nSPS) is 11.8. The van der Waals surface area contributed by atoms with Gasteiger partial charge in [0.05, 0.1) is 0 Å². The van der Waals surface area contributed by atoms with Gasteiger partial charge in [0.2, 0.25) is 0 Å². The molecule has 0 saturated carbocycles. The van der Waals surface area contributed by atoms with Crippen molar-refractivity contribution in [1.29, 1.82) is 0 Å². The van der Waals surface area contributed by atoms with E-state index in [-0.39, 0.29) is 51.4 Å². The molecule has 0 nitrogen and oxygen atoms in total. The average molecular weight is 273 g/mol. The van der Waals surface area contributed by atoms with Crippen LogP contribution >= 0.6 is 0 Å². The molecule has 0 aliphatic heterocycles. The molecule has 0 radical (unpaired) electrons. The second-order valence-corrected chi connectivity index (χ2v) is 6.50. The van der Waals surface area contributed by atoms with Crippen molar-refractivity contribution >= 4 is 0 Å². The van der Waals surface area contributed by atoms with Crippen molar-refractivity contribution in [3.05, 3.63) is 28.3 Å². The van der Waals surface area contributed by atoms with Gasteiger partial charge in [0.1, 0.15) is 0 Å². The maximum atomic E-state index is 2.47. The van der Waals surface area contributed by atoms with Crippen LogP contribution in [0.15, 0.2) is 6.07 Å². The molecule has 98 valence electrons. The van der Waals surface area contributed by atoms with Crippen LogP contribution in [0.4, 0.5) is 0 Å². The van der Waals surface area contributed by atoms with E-state index in [2.05, 4.69) is 61.5 Å². The fourth-order valence-electron chi connectivity index (χ4n) is 2.88. The number of hydrogen-bond donors (Lipinski definition) is 0. The van der Waals surface area contributed by atoms with Crippen LogP contribution in [0.3, 0.4) is 0 Å². The van der Waals surface area contributed by atoms with Crippen LogP contribution in [0, 0.1) is 0 Å².